The van der Waals surface area contributed by atoms with Crippen molar-refractivity contribution in [3.63, 3.8) is 0 Å². The van der Waals surface area contributed by atoms with E-state index in [1.165, 1.54) is 17.4 Å². The maximum atomic E-state index is 13.5. The number of benzene rings is 2. The third-order valence-corrected chi connectivity index (χ3v) is 10.9. The van der Waals surface area contributed by atoms with Crippen LogP contribution in [0.25, 0.3) is 10.2 Å². The summed E-state index contributed by atoms with van der Waals surface area (Å²) in [7, 11) is 0. The number of rotatable bonds is 6. The van der Waals surface area contributed by atoms with Gasteiger partial charge in [0.15, 0.2) is 0 Å². The van der Waals surface area contributed by atoms with Gasteiger partial charge in [0.2, 0.25) is 5.91 Å². The Hall–Kier alpha value is -2.36. The molecule has 10 heteroatoms. The van der Waals surface area contributed by atoms with Gasteiger partial charge in [0.1, 0.15) is 17.4 Å². The molecule has 2 aromatic carbocycles. The summed E-state index contributed by atoms with van der Waals surface area (Å²) in [6, 6.07) is 9.24. The Morgan fingerprint density at radius 2 is 1.90 bits per heavy atom. The number of fused-ring (bicyclic) bond motifs is 1. The number of amides is 1. The van der Waals surface area contributed by atoms with Crippen LogP contribution >= 0.6 is 22.9 Å². The fourth-order valence-electron chi connectivity index (χ4n) is 8.12. The van der Waals surface area contributed by atoms with Crippen molar-refractivity contribution in [3.05, 3.63) is 57.6 Å². The van der Waals surface area contributed by atoms with E-state index in [1.807, 2.05) is 12.1 Å². The third-order valence-electron chi connectivity index (χ3n) is 9.51. The van der Waals surface area contributed by atoms with Gasteiger partial charge in [-0.1, -0.05) is 17.7 Å². The van der Waals surface area contributed by atoms with Gasteiger partial charge in [-0.15, -0.1) is 11.3 Å². The lowest BCUT2D eigenvalue weighted by molar-refractivity contribution is -0.168. The van der Waals surface area contributed by atoms with Crippen LogP contribution in [0.2, 0.25) is 5.02 Å². The van der Waals surface area contributed by atoms with Gasteiger partial charge in [0.05, 0.1) is 21.4 Å². The van der Waals surface area contributed by atoms with Crippen LogP contribution in [-0.4, -0.2) is 39.1 Å². The van der Waals surface area contributed by atoms with Gasteiger partial charge in [-0.2, -0.15) is 13.2 Å². The van der Waals surface area contributed by atoms with Crippen LogP contribution < -0.4 is 4.74 Å². The van der Waals surface area contributed by atoms with Crippen LogP contribution in [0.4, 0.5) is 13.2 Å². The normalized spacial score (nSPS) is 31.5. The molecule has 1 aromatic heterocycles. The molecule has 0 radical (unpaired) electrons. The third kappa shape index (κ3) is 4.77. The summed E-state index contributed by atoms with van der Waals surface area (Å²) in [6.07, 6.45) is 1.84. The van der Waals surface area contributed by atoms with Crippen molar-refractivity contribution < 1.29 is 27.8 Å². The quantitative estimate of drug-likeness (QED) is 0.340. The molecule has 1 aliphatic heterocycles. The first-order valence-electron chi connectivity index (χ1n) is 14.0. The molecule has 8 rings (SSSR count). The first-order valence-corrected chi connectivity index (χ1v) is 15.1. The van der Waals surface area contributed by atoms with Crippen molar-refractivity contribution in [2.75, 3.05) is 6.54 Å². The van der Waals surface area contributed by atoms with E-state index >= 15 is 0 Å². The summed E-state index contributed by atoms with van der Waals surface area (Å²) >= 11 is 7.90. The average molecular weight is 591 g/mol. The molecule has 1 N–H and O–H groups in total. The van der Waals surface area contributed by atoms with E-state index in [9.17, 15) is 23.1 Å². The highest BCUT2D eigenvalue weighted by Crippen LogP contribution is 2.57. The summed E-state index contributed by atoms with van der Waals surface area (Å²) < 4.78 is 45.5. The molecule has 5 aliphatic rings. The summed E-state index contributed by atoms with van der Waals surface area (Å²) in [4.78, 5) is 20.0. The highest BCUT2D eigenvalue weighted by molar-refractivity contribution is 7.18. The first-order chi connectivity index (χ1) is 19.0. The monoisotopic (exact) mass is 590 g/mol. The molecule has 40 heavy (non-hydrogen) atoms. The summed E-state index contributed by atoms with van der Waals surface area (Å²) in [6.45, 7) is 0.891. The molecular formula is C30H30ClF3N2O3S. The van der Waals surface area contributed by atoms with Crippen molar-refractivity contribution in [2.45, 2.75) is 69.4 Å². The van der Waals surface area contributed by atoms with Gasteiger partial charge in [-0.05, 0) is 98.6 Å². The van der Waals surface area contributed by atoms with Crippen LogP contribution in [0.5, 0.6) is 5.75 Å². The Balaban J connectivity index is 0.983. The lowest BCUT2D eigenvalue weighted by atomic mass is 9.52. The van der Waals surface area contributed by atoms with Gasteiger partial charge >= 0.3 is 6.18 Å². The number of ether oxygens (including phenoxy) is 1. The molecule has 4 bridgehead atoms. The number of alkyl halides is 3. The molecular weight excluding hydrogens is 561 g/mol. The number of hydrogen-bond donors (Lipinski definition) is 1. The van der Waals surface area contributed by atoms with Crippen molar-refractivity contribution in [1.29, 1.82) is 0 Å². The maximum absolute atomic E-state index is 13.5. The van der Waals surface area contributed by atoms with Crippen molar-refractivity contribution in [1.82, 2.24) is 9.88 Å². The van der Waals surface area contributed by atoms with Crippen LogP contribution in [0.15, 0.2) is 36.4 Å². The zero-order valence-corrected chi connectivity index (χ0v) is 23.4. The highest BCUT2D eigenvalue weighted by Gasteiger charge is 2.57. The van der Waals surface area contributed by atoms with Crippen LogP contribution in [0.3, 0.4) is 0 Å². The minimum atomic E-state index is -4.41. The maximum Gasteiger partial charge on any atom is 0.416 e. The topological polar surface area (TPSA) is 62.7 Å². The molecule has 3 atom stereocenters. The van der Waals surface area contributed by atoms with E-state index in [1.54, 1.807) is 6.07 Å². The van der Waals surface area contributed by atoms with Gasteiger partial charge in [-0.3, -0.25) is 4.79 Å². The van der Waals surface area contributed by atoms with Gasteiger partial charge in [-0.25, -0.2) is 4.98 Å². The molecule has 1 saturated heterocycles. The Bertz CT molecular complexity index is 1460. The number of carbonyl (C=O) groups is 1. The van der Waals surface area contributed by atoms with E-state index in [0.29, 0.717) is 50.2 Å². The highest BCUT2D eigenvalue weighted by atomic mass is 35.5. The largest absolute Gasteiger partial charge is 0.486 e. The Morgan fingerprint density at radius 1 is 1.12 bits per heavy atom. The van der Waals surface area contributed by atoms with Gasteiger partial charge in [0, 0.05) is 23.5 Å². The standard InChI is InChI=1S/C30H30ClF3N2O3S/c31-23-11-22(39-15-26-35-24-10-21(30(32,33)34)2-4-25(24)40-26)3-1-17(23)9-18-5-6-36(28(18)37)27-19-7-16-8-20(27)14-29(38,12-16)13-19/h1-4,10-11,16,18-20,27,38H,5-9,12-15H2. The molecule has 3 aromatic rings. The molecule has 212 valence electrons. The second-order valence-electron chi connectivity index (χ2n) is 12.2. The van der Waals surface area contributed by atoms with Crippen LogP contribution in [0, 0.1) is 23.7 Å². The van der Waals surface area contributed by atoms with Crippen LogP contribution in [0.1, 0.15) is 54.7 Å². The Morgan fingerprint density at radius 3 is 2.60 bits per heavy atom. The summed E-state index contributed by atoms with van der Waals surface area (Å²) in [5.74, 6) is 2.10. The number of halogens is 4. The summed E-state index contributed by atoms with van der Waals surface area (Å²) in [5, 5.41) is 12.0. The van der Waals surface area contributed by atoms with E-state index in [-0.39, 0.29) is 24.5 Å². The fraction of sp³-hybridized carbons (Fsp3) is 0.533. The molecule has 5 fully saturated rings. The summed E-state index contributed by atoms with van der Waals surface area (Å²) in [5.41, 5.74) is -0.0311. The molecule has 0 spiro atoms. The zero-order chi connectivity index (χ0) is 27.8. The average Bonchev–Trinajstić information content (AvgIpc) is 3.45. The molecule has 3 unspecified atom stereocenters. The second kappa shape index (κ2) is 9.60. The molecule has 4 saturated carbocycles. The first kappa shape index (κ1) is 26.5. The number of aromatic nitrogens is 1. The number of aliphatic hydroxyl groups is 1. The van der Waals surface area contributed by atoms with E-state index in [0.717, 1.165) is 62.8 Å². The number of carbonyl (C=O) groups excluding carboxylic acids is 1. The van der Waals surface area contributed by atoms with Crippen molar-refractivity contribution >= 4 is 39.1 Å². The minimum absolute atomic E-state index is 0.103. The smallest absolute Gasteiger partial charge is 0.416 e. The lowest BCUT2D eigenvalue weighted by Crippen LogP contribution is -2.62. The molecule has 1 amide bonds. The zero-order valence-electron chi connectivity index (χ0n) is 21.8. The molecule has 5 nitrogen and oxygen atoms in total. The lowest BCUT2D eigenvalue weighted by Gasteiger charge is -2.59. The number of likely N-dealkylation sites (tertiary alicyclic amines) is 1. The van der Waals surface area contributed by atoms with Gasteiger partial charge < -0.3 is 14.7 Å². The van der Waals surface area contributed by atoms with Gasteiger partial charge in [0.25, 0.3) is 0 Å². The van der Waals surface area contributed by atoms with Crippen molar-refractivity contribution in [2.24, 2.45) is 23.7 Å². The SMILES string of the molecule is O=C1C(Cc2ccc(OCc3nc4cc(C(F)(F)F)ccc4s3)cc2Cl)CCN1C1C2CC3CC1CC(O)(C3)C2. The number of nitrogens with zero attached hydrogens (tertiary/aromatic N) is 2. The predicted octanol–water partition coefficient (Wildman–Crippen LogP) is 6.88. The number of thiazole rings is 1. The van der Waals surface area contributed by atoms with E-state index in [2.05, 4.69) is 9.88 Å². The van der Waals surface area contributed by atoms with E-state index in [4.69, 9.17) is 16.3 Å². The Kier molecular flexibility index (Phi) is 6.37. The van der Waals surface area contributed by atoms with Crippen molar-refractivity contribution in [3.8, 4) is 5.75 Å². The van der Waals surface area contributed by atoms with Crippen LogP contribution in [-0.2, 0) is 24.0 Å². The van der Waals surface area contributed by atoms with E-state index < -0.39 is 17.3 Å². The Labute approximate surface area is 239 Å². The number of hydrogen-bond acceptors (Lipinski definition) is 5. The molecule has 4 aliphatic carbocycles. The minimum Gasteiger partial charge on any atom is -0.486 e. The fourth-order valence-corrected chi connectivity index (χ4v) is 9.23. The molecule has 2 heterocycles. The predicted molar refractivity (Wildman–Crippen MR) is 146 cm³/mol. The second-order valence-corrected chi connectivity index (χ2v) is 13.8.